The smallest absolute Gasteiger partial charge is 0.233 e. The Kier molecular flexibility index (Phi) is 3.69. The number of nitrogens with zero attached hydrogens (tertiary/aromatic N) is 7. The summed E-state index contributed by atoms with van der Waals surface area (Å²) in [6.07, 6.45) is 7.75. The fourth-order valence-corrected chi connectivity index (χ4v) is 3.94. The van der Waals surface area contributed by atoms with Crippen LogP contribution in [0.15, 0.2) is 18.7 Å². The summed E-state index contributed by atoms with van der Waals surface area (Å²) < 4.78 is 7.93. The molecule has 8 nitrogen and oxygen atoms in total. The van der Waals surface area contributed by atoms with E-state index in [4.69, 9.17) is 4.74 Å². The second kappa shape index (κ2) is 6.19. The van der Waals surface area contributed by atoms with Crippen LogP contribution >= 0.6 is 0 Å². The number of anilines is 1. The van der Waals surface area contributed by atoms with Gasteiger partial charge < -0.3 is 14.2 Å². The average Bonchev–Trinajstić information content (AvgIpc) is 3.39. The Hall–Kier alpha value is -2.77. The molecule has 4 heterocycles. The van der Waals surface area contributed by atoms with E-state index in [2.05, 4.69) is 36.1 Å². The first kappa shape index (κ1) is 15.5. The van der Waals surface area contributed by atoms with Crippen molar-refractivity contribution in [2.24, 2.45) is 13.0 Å². The van der Waals surface area contributed by atoms with E-state index in [1.165, 1.54) is 12.0 Å². The van der Waals surface area contributed by atoms with E-state index in [0.29, 0.717) is 18.4 Å². The van der Waals surface area contributed by atoms with Gasteiger partial charge in [0, 0.05) is 32.1 Å². The first-order valence-corrected chi connectivity index (χ1v) is 9.13. The Bertz CT molecular complexity index is 954. The highest BCUT2D eigenvalue weighted by molar-refractivity contribution is 5.83. The minimum absolute atomic E-state index is 0.447. The van der Waals surface area contributed by atoms with Crippen LogP contribution < -0.4 is 9.64 Å². The number of fused-ring (bicyclic) bond motifs is 2. The lowest BCUT2D eigenvalue weighted by atomic mass is 10.1. The summed E-state index contributed by atoms with van der Waals surface area (Å²) >= 11 is 0. The van der Waals surface area contributed by atoms with E-state index in [0.717, 1.165) is 55.0 Å². The first-order valence-electron chi connectivity index (χ1n) is 9.13. The van der Waals surface area contributed by atoms with Gasteiger partial charge in [0.15, 0.2) is 11.5 Å². The van der Waals surface area contributed by atoms with E-state index in [1.807, 2.05) is 11.6 Å². The third-order valence-corrected chi connectivity index (χ3v) is 5.34. The second-order valence-electron chi connectivity index (χ2n) is 7.14. The summed E-state index contributed by atoms with van der Waals surface area (Å²) in [7, 11) is 1.98. The topological polar surface area (TPSA) is 81.9 Å². The zero-order valence-corrected chi connectivity index (χ0v) is 14.8. The Morgan fingerprint density at radius 1 is 1.19 bits per heavy atom. The molecular formula is C18H21N7O. The second-order valence-corrected chi connectivity index (χ2v) is 7.14. The van der Waals surface area contributed by atoms with Crippen LogP contribution in [0.25, 0.3) is 11.2 Å². The number of aryl methyl sites for hydroxylation is 3. The van der Waals surface area contributed by atoms with Crippen molar-refractivity contribution < 1.29 is 4.74 Å². The molecule has 0 amide bonds. The Morgan fingerprint density at radius 2 is 2.15 bits per heavy atom. The molecule has 0 saturated carbocycles. The molecule has 1 unspecified atom stereocenters. The van der Waals surface area contributed by atoms with Crippen molar-refractivity contribution in [2.75, 3.05) is 24.6 Å². The van der Waals surface area contributed by atoms with Crippen LogP contribution in [0, 0.1) is 5.92 Å². The maximum absolute atomic E-state index is 5.95. The van der Waals surface area contributed by atoms with Gasteiger partial charge in [-0.3, -0.25) is 0 Å². The Labute approximate surface area is 151 Å². The molecule has 0 spiro atoms. The molecule has 1 saturated heterocycles. The van der Waals surface area contributed by atoms with E-state index in [1.54, 1.807) is 12.7 Å². The molecule has 8 heteroatoms. The number of rotatable bonds is 4. The van der Waals surface area contributed by atoms with Gasteiger partial charge >= 0.3 is 0 Å². The van der Waals surface area contributed by atoms with Gasteiger partial charge in [0.25, 0.3) is 0 Å². The van der Waals surface area contributed by atoms with Crippen LogP contribution in [0.2, 0.25) is 0 Å². The van der Waals surface area contributed by atoms with Gasteiger partial charge in [-0.15, -0.1) is 5.10 Å². The van der Waals surface area contributed by atoms with Crippen molar-refractivity contribution in [1.29, 1.82) is 0 Å². The standard InChI is InChI=1S/C18H21N7O/c1-24-11-21-17-16(24)18(20-10-19-17)25-6-5-12(8-25)9-26-15-7-13-3-2-4-14(13)22-23-15/h7,10-12H,2-6,8-9H2,1H3. The number of ether oxygens (including phenoxy) is 1. The van der Waals surface area contributed by atoms with Gasteiger partial charge in [-0.1, -0.05) is 0 Å². The van der Waals surface area contributed by atoms with Crippen LogP contribution in [0.1, 0.15) is 24.1 Å². The quantitative estimate of drug-likeness (QED) is 0.705. The molecule has 3 aromatic heterocycles. The largest absolute Gasteiger partial charge is 0.476 e. The van der Waals surface area contributed by atoms with Crippen molar-refractivity contribution in [3.8, 4) is 5.88 Å². The third-order valence-electron chi connectivity index (χ3n) is 5.34. The predicted molar refractivity (Wildman–Crippen MR) is 96.2 cm³/mol. The van der Waals surface area contributed by atoms with Crippen LogP contribution in [0.3, 0.4) is 0 Å². The monoisotopic (exact) mass is 351 g/mol. The highest BCUT2D eigenvalue weighted by Gasteiger charge is 2.27. The summed E-state index contributed by atoms with van der Waals surface area (Å²) in [4.78, 5) is 15.4. The molecule has 0 radical (unpaired) electrons. The zero-order chi connectivity index (χ0) is 17.5. The summed E-state index contributed by atoms with van der Waals surface area (Å²) in [5, 5.41) is 8.51. The zero-order valence-electron chi connectivity index (χ0n) is 14.8. The maximum atomic E-state index is 5.95. The van der Waals surface area contributed by atoms with Crippen LogP contribution in [-0.4, -0.2) is 49.4 Å². The molecule has 134 valence electrons. The molecule has 0 aromatic carbocycles. The molecule has 0 N–H and O–H groups in total. The molecule has 1 fully saturated rings. The lowest BCUT2D eigenvalue weighted by Gasteiger charge is -2.18. The Balaban J connectivity index is 1.26. The van der Waals surface area contributed by atoms with E-state index in [9.17, 15) is 0 Å². The number of aromatic nitrogens is 6. The first-order chi connectivity index (χ1) is 12.8. The van der Waals surface area contributed by atoms with E-state index in [-0.39, 0.29) is 0 Å². The molecule has 1 aliphatic carbocycles. The van der Waals surface area contributed by atoms with Crippen molar-refractivity contribution in [2.45, 2.75) is 25.7 Å². The summed E-state index contributed by atoms with van der Waals surface area (Å²) in [5.74, 6) is 2.05. The number of imidazole rings is 1. The third kappa shape index (κ3) is 2.65. The van der Waals surface area contributed by atoms with Gasteiger partial charge in [0.05, 0.1) is 18.6 Å². The van der Waals surface area contributed by atoms with Gasteiger partial charge in [0.1, 0.15) is 11.8 Å². The van der Waals surface area contributed by atoms with Gasteiger partial charge in [0.2, 0.25) is 5.88 Å². The van der Waals surface area contributed by atoms with Crippen molar-refractivity contribution in [3.63, 3.8) is 0 Å². The van der Waals surface area contributed by atoms with Gasteiger partial charge in [-0.05, 0) is 31.2 Å². The molecule has 26 heavy (non-hydrogen) atoms. The van der Waals surface area contributed by atoms with Crippen LogP contribution in [0.4, 0.5) is 5.82 Å². The molecule has 0 bridgehead atoms. The average molecular weight is 351 g/mol. The molecule has 2 aliphatic rings. The molecule has 3 aromatic rings. The minimum Gasteiger partial charge on any atom is -0.476 e. The van der Waals surface area contributed by atoms with Crippen molar-refractivity contribution in [1.82, 2.24) is 29.7 Å². The lowest BCUT2D eigenvalue weighted by molar-refractivity contribution is 0.249. The molecule has 5 rings (SSSR count). The molecule has 1 atom stereocenters. The molecular weight excluding hydrogens is 330 g/mol. The summed E-state index contributed by atoms with van der Waals surface area (Å²) in [5.41, 5.74) is 4.15. The predicted octanol–water partition coefficient (Wildman–Crippen LogP) is 1.55. The fraction of sp³-hybridized carbons (Fsp3) is 0.500. The maximum Gasteiger partial charge on any atom is 0.233 e. The Morgan fingerprint density at radius 3 is 3.12 bits per heavy atom. The van der Waals surface area contributed by atoms with Gasteiger partial charge in [-0.25, -0.2) is 15.0 Å². The van der Waals surface area contributed by atoms with Gasteiger partial charge in [-0.2, -0.15) is 5.10 Å². The summed E-state index contributed by atoms with van der Waals surface area (Å²) in [6.45, 7) is 2.53. The van der Waals surface area contributed by atoms with Crippen molar-refractivity contribution in [3.05, 3.63) is 30.0 Å². The fourth-order valence-electron chi connectivity index (χ4n) is 3.94. The van der Waals surface area contributed by atoms with Crippen LogP contribution in [0.5, 0.6) is 5.88 Å². The van der Waals surface area contributed by atoms with E-state index >= 15 is 0 Å². The highest BCUT2D eigenvalue weighted by Crippen LogP contribution is 2.28. The number of hydrogen-bond donors (Lipinski definition) is 0. The van der Waals surface area contributed by atoms with Crippen LogP contribution in [-0.2, 0) is 19.9 Å². The van der Waals surface area contributed by atoms with E-state index < -0.39 is 0 Å². The normalized spacial score (nSPS) is 19.3. The van der Waals surface area contributed by atoms with Crippen molar-refractivity contribution >= 4 is 17.0 Å². The lowest BCUT2D eigenvalue weighted by Crippen LogP contribution is -2.23. The summed E-state index contributed by atoms with van der Waals surface area (Å²) in [6, 6.07) is 2.06. The highest BCUT2D eigenvalue weighted by atomic mass is 16.5. The number of hydrogen-bond acceptors (Lipinski definition) is 7. The SMILES string of the molecule is Cn1cnc2ncnc(N3CCC(COc4cc5c(nn4)CCC5)C3)c21. The minimum atomic E-state index is 0.447. The molecule has 1 aliphatic heterocycles.